The van der Waals surface area contributed by atoms with Crippen LogP contribution in [0.1, 0.15) is 13.8 Å². The average molecular weight is 237 g/mol. The zero-order valence-electron chi connectivity index (χ0n) is 9.24. The summed E-state index contributed by atoms with van der Waals surface area (Å²) in [6, 6.07) is 0.211. The molecule has 90 valence electrons. The van der Waals surface area contributed by atoms with Gasteiger partial charge in [-0.1, -0.05) is 0 Å². The molecule has 0 aromatic heterocycles. The van der Waals surface area contributed by atoms with E-state index in [-0.39, 0.29) is 12.6 Å². The summed E-state index contributed by atoms with van der Waals surface area (Å²) in [5.41, 5.74) is 2.39. The highest BCUT2D eigenvalue weighted by molar-refractivity contribution is 7.88. The van der Waals surface area contributed by atoms with Crippen molar-refractivity contribution < 1.29 is 8.42 Å². The summed E-state index contributed by atoms with van der Waals surface area (Å²) in [6.45, 7) is 4.47. The van der Waals surface area contributed by atoms with E-state index >= 15 is 0 Å². The Morgan fingerprint density at radius 1 is 1.47 bits per heavy atom. The Balaban J connectivity index is 3.92. The van der Waals surface area contributed by atoms with Crippen LogP contribution >= 0.6 is 0 Å². The summed E-state index contributed by atoms with van der Waals surface area (Å²) in [4.78, 5) is 4.03. The van der Waals surface area contributed by atoms with E-state index in [4.69, 9.17) is 5.84 Å². The first-order chi connectivity index (χ1) is 6.85. The van der Waals surface area contributed by atoms with Crippen molar-refractivity contribution in [2.45, 2.75) is 19.9 Å². The fourth-order valence-corrected chi connectivity index (χ4v) is 1.27. The number of hydrogen-bond acceptors (Lipinski definition) is 4. The fourth-order valence-electron chi connectivity index (χ4n) is 0.805. The molecule has 0 aromatic carbocycles. The van der Waals surface area contributed by atoms with Gasteiger partial charge in [-0.2, -0.15) is 0 Å². The SMILES string of the molecule is CC(C)NC(=NCCNS(C)(=O)=O)NN. The van der Waals surface area contributed by atoms with Crippen molar-refractivity contribution in [3.63, 3.8) is 0 Å². The van der Waals surface area contributed by atoms with E-state index in [1.54, 1.807) is 0 Å². The van der Waals surface area contributed by atoms with Crippen molar-refractivity contribution >= 4 is 16.0 Å². The second kappa shape index (κ2) is 6.59. The van der Waals surface area contributed by atoms with Crippen molar-refractivity contribution in [2.24, 2.45) is 10.8 Å². The third-order valence-corrected chi connectivity index (χ3v) is 2.04. The van der Waals surface area contributed by atoms with E-state index in [9.17, 15) is 8.42 Å². The van der Waals surface area contributed by atoms with E-state index in [0.29, 0.717) is 12.5 Å². The van der Waals surface area contributed by atoms with Crippen molar-refractivity contribution in [3.8, 4) is 0 Å². The van der Waals surface area contributed by atoms with Gasteiger partial charge < -0.3 is 5.32 Å². The first-order valence-electron chi connectivity index (χ1n) is 4.57. The van der Waals surface area contributed by atoms with Crippen LogP contribution in [0.4, 0.5) is 0 Å². The van der Waals surface area contributed by atoms with Crippen LogP contribution in [-0.2, 0) is 10.0 Å². The molecule has 0 fully saturated rings. The topological polar surface area (TPSA) is 109 Å². The molecular formula is C7H19N5O2S. The zero-order chi connectivity index (χ0) is 11.9. The first-order valence-corrected chi connectivity index (χ1v) is 6.46. The van der Waals surface area contributed by atoms with Crippen LogP contribution in [0.25, 0.3) is 0 Å². The van der Waals surface area contributed by atoms with Gasteiger partial charge in [0.2, 0.25) is 16.0 Å². The summed E-state index contributed by atoms with van der Waals surface area (Å²) >= 11 is 0. The van der Waals surface area contributed by atoms with Gasteiger partial charge in [-0.3, -0.25) is 10.4 Å². The Kier molecular flexibility index (Phi) is 6.21. The van der Waals surface area contributed by atoms with Crippen LogP contribution < -0.4 is 21.3 Å². The number of guanidine groups is 1. The number of aliphatic imine (C=N–C) groups is 1. The minimum absolute atomic E-state index is 0.211. The monoisotopic (exact) mass is 237 g/mol. The standard InChI is InChI=1S/C7H19N5O2S/c1-6(2)11-7(12-8)9-4-5-10-15(3,13)14/h6,10H,4-5,8H2,1-3H3,(H2,9,11,12). The molecule has 0 saturated heterocycles. The number of hydrazine groups is 1. The maximum Gasteiger partial charge on any atom is 0.208 e. The summed E-state index contributed by atoms with van der Waals surface area (Å²) in [6.07, 6.45) is 1.10. The Morgan fingerprint density at radius 3 is 2.47 bits per heavy atom. The molecule has 0 aliphatic heterocycles. The van der Waals surface area contributed by atoms with E-state index < -0.39 is 10.0 Å². The fraction of sp³-hybridized carbons (Fsp3) is 0.857. The van der Waals surface area contributed by atoms with E-state index in [1.807, 2.05) is 13.8 Å². The lowest BCUT2D eigenvalue weighted by molar-refractivity contribution is 0.588. The number of nitrogens with two attached hydrogens (primary N) is 1. The Hall–Kier alpha value is -0.860. The van der Waals surface area contributed by atoms with Gasteiger partial charge in [0.15, 0.2) is 0 Å². The molecule has 0 aliphatic carbocycles. The van der Waals surface area contributed by atoms with Crippen molar-refractivity contribution in [2.75, 3.05) is 19.3 Å². The highest BCUT2D eigenvalue weighted by atomic mass is 32.2. The lowest BCUT2D eigenvalue weighted by Crippen LogP contribution is -2.45. The predicted molar refractivity (Wildman–Crippen MR) is 60.7 cm³/mol. The van der Waals surface area contributed by atoms with Gasteiger partial charge in [0.05, 0.1) is 12.8 Å². The molecular weight excluding hydrogens is 218 g/mol. The smallest absolute Gasteiger partial charge is 0.208 e. The van der Waals surface area contributed by atoms with Crippen molar-refractivity contribution in [1.82, 2.24) is 15.5 Å². The van der Waals surface area contributed by atoms with E-state index in [1.165, 1.54) is 0 Å². The number of nitrogens with zero attached hydrogens (tertiary/aromatic N) is 1. The molecule has 5 N–H and O–H groups in total. The van der Waals surface area contributed by atoms with Crippen LogP contribution in [0.3, 0.4) is 0 Å². The van der Waals surface area contributed by atoms with Gasteiger partial charge in [-0.25, -0.2) is 19.0 Å². The summed E-state index contributed by atoms with van der Waals surface area (Å²) < 4.78 is 23.7. The minimum Gasteiger partial charge on any atom is -0.353 e. The van der Waals surface area contributed by atoms with Crippen LogP contribution in [-0.4, -0.2) is 39.8 Å². The highest BCUT2D eigenvalue weighted by Crippen LogP contribution is 1.78. The largest absolute Gasteiger partial charge is 0.353 e. The molecule has 8 heteroatoms. The molecule has 0 spiro atoms. The maximum absolute atomic E-state index is 10.7. The molecule has 0 atom stereocenters. The molecule has 0 radical (unpaired) electrons. The zero-order valence-corrected chi connectivity index (χ0v) is 10.1. The van der Waals surface area contributed by atoms with Crippen LogP contribution in [0.2, 0.25) is 0 Å². The Labute approximate surface area is 90.5 Å². The molecule has 15 heavy (non-hydrogen) atoms. The molecule has 0 amide bonds. The normalized spacial score (nSPS) is 13.0. The average Bonchev–Trinajstić information content (AvgIpc) is 2.08. The Bertz CT molecular complexity index is 299. The second-order valence-corrected chi connectivity index (χ2v) is 5.17. The number of sulfonamides is 1. The van der Waals surface area contributed by atoms with E-state index in [2.05, 4.69) is 20.5 Å². The molecule has 0 aromatic rings. The molecule has 0 unspecified atom stereocenters. The van der Waals surface area contributed by atoms with Gasteiger partial charge >= 0.3 is 0 Å². The third-order valence-electron chi connectivity index (χ3n) is 1.31. The lowest BCUT2D eigenvalue weighted by atomic mass is 10.4. The lowest BCUT2D eigenvalue weighted by Gasteiger charge is -2.11. The summed E-state index contributed by atoms with van der Waals surface area (Å²) in [5, 5.41) is 2.96. The van der Waals surface area contributed by atoms with Crippen LogP contribution in [0.5, 0.6) is 0 Å². The number of rotatable bonds is 5. The molecule has 0 rings (SSSR count). The van der Waals surface area contributed by atoms with Gasteiger partial charge in [-0.05, 0) is 13.8 Å². The molecule has 0 bridgehead atoms. The molecule has 7 nitrogen and oxygen atoms in total. The summed E-state index contributed by atoms with van der Waals surface area (Å²) in [5.74, 6) is 5.65. The second-order valence-electron chi connectivity index (χ2n) is 3.34. The van der Waals surface area contributed by atoms with Crippen molar-refractivity contribution in [1.29, 1.82) is 0 Å². The van der Waals surface area contributed by atoms with Crippen LogP contribution in [0, 0.1) is 0 Å². The summed E-state index contributed by atoms with van der Waals surface area (Å²) in [7, 11) is -3.14. The third kappa shape index (κ3) is 9.44. The van der Waals surface area contributed by atoms with Crippen molar-refractivity contribution in [3.05, 3.63) is 0 Å². The predicted octanol–water partition coefficient (Wildman–Crippen LogP) is -1.65. The van der Waals surface area contributed by atoms with Gasteiger partial charge in [-0.15, -0.1) is 0 Å². The molecule has 0 heterocycles. The van der Waals surface area contributed by atoms with E-state index in [0.717, 1.165) is 6.26 Å². The number of hydrogen-bond donors (Lipinski definition) is 4. The molecule has 0 aliphatic rings. The van der Waals surface area contributed by atoms with Gasteiger partial charge in [0.1, 0.15) is 0 Å². The maximum atomic E-state index is 10.7. The number of nitrogens with one attached hydrogen (secondary N) is 3. The van der Waals surface area contributed by atoms with Gasteiger partial charge in [0.25, 0.3) is 0 Å². The van der Waals surface area contributed by atoms with Crippen LogP contribution in [0.15, 0.2) is 4.99 Å². The minimum atomic E-state index is -3.14. The molecule has 0 saturated carbocycles. The first kappa shape index (κ1) is 14.1. The Morgan fingerprint density at radius 2 is 2.07 bits per heavy atom. The van der Waals surface area contributed by atoms with Gasteiger partial charge in [0, 0.05) is 12.6 Å². The quantitative estimate of drug-likeness (QED) is 0.151. The highest BCUT2D eigenvalue weighted by Gasteiger charge is 2.00.